The van der Waals surface area contributed by atoms with E-state index in [-0.39, 0.29) is 36.8 Å². The summed E-state index contributed by atoms with van der Waals surface area (Å²) in [6, 6.07) is 8.79. The van der Waals surface area contributed by atoms with E-state index in [4.69, 9.17) is 5.73 Å². The van der Waals surface area contributed by atoms with Gasteiger partial charge in [-0.05, 0) is 43.4 Å². The third-order valence-electron chi connectivity index (χ3n) is 5.44. The molecule has 0 atom stereocenters. The van der Waals surface area contributed by atoms with Crippen molar-refractivity contribution in [3.63, 3.8) is 0 Å². The molecular formula is C19H30BrCl2N3O. The highest BCUT2D eigenvalue weighted by Gasteiger charge is 2.36. The SMILES string of the molecule is Cl.Cl.NC1(C(=O)NC2CCN(Cc3ccc(Br)cc3)CC2)CCCCC1. The second kappa shape index (κ2) is 10.9. The van der Waals surface area contributed by atoms with Gasteiger partial charge in [0.15, 0.2) is 0 Å². The molecule has 0 unspecified atom stereocenters. The Morgan fingerprint density at radius 3 is 2.27 bits per heavy atom. The topological polar surface area (TPSA) is 58.4 Å². The van der Waals surface area contributed by atoms with Crippen molar-refractivity contribution in [2.45, 2.75) is 63.1 Å². The number of nitrogens with one attached hydrogen (secondary N) is 1. The average Bonchev–Trinajstić information content (AvgIpc) is 2.59. The molecule has 1 aromatic rings. The lowest BCUT2D eigenvalue weighted by Crippen LogP contribution is -2.58. The normalized spacial score (nSPS) is 20.5. The van der Waals surface area contributed by atoms with E-state index in [2.05, 4.69) is 50.4 Å². The lowest BCUT2D eigenvalue weighted by molar-refractivity contribution is -0.128. The van der Waals surface area contributed by atoms with Crippen LogP contribution in [0.25, 0.3) is 0 Å². The van der Waals surface area contributed by atoms with E-state index in [0.29, 0.717) is 0 Å². The van der Waals surface area contributed by atoms with Crippen molar-refractivity contribution in [2.24, 2.45) is 5.73 Å². The van der Waals surface area contributed by atoms with Gasteiger partial charge in [-0.25, -0.2) is 0 Å². The zero-order valence-corrected chi connectivity index (χ0v) is 18.3. The minimum Gasteiger partial charge on any atom is -0.352 e. The van der Waals surface area contributed by atoms with Gasteiger partial charge >= 0.3 is 0 Å². The molecule has 3 N–H and O–H groups in total. The first-order valence-corrected chi connectivity index (χ1v) is 9.91. The molecule has 148 valence electrons. The third-order valence-corrected chi connectivity index (χ3v) is 5.97. The molecule has 4 nitrogen and oxygen atoms in total. The lowest BCUT2D eigenvalue weighted by atomic mass is 9.81. The number of piperidine rings is 1. The molecule has 0 spiro atoms. The summed E-state index contributed by atoms with van der Waals surface area (Å²) in [6.07, 6.45) is 7.06. The summed E-state index contributed by atoms with van der Waals surface area (Å²) < 4.78 is 1.12. The van der Waals surface area contributed by atoms with Gasteiger partial charge in [-0.2, -0.15) is 0 Å². The van der Waals surface area contributed by atoms with E-state index in [0.717, 1.165) is 62.6 Å². The van der Waals surface area contributed by atoms with Crippen molar-refractivity contribution in [1.29, 1.82) is 0 Å². The van der Waals surface area contributed by atoms with Gasteiger partial charge in [0, 0.05) is 30.1 Å². The van der Waals surface area contributed by atoms with Crippen LogP contribution in [0.5, 0.6) is 0 Å². The Balaban J connectivity index is 0.00000169. The minimum absolute atomic E-state index is 0. The van der Waals surface area contributed by atoms with Gasteiger partial charge < -0.3 is 11.1 Å². The molecule has 1 amide bonds. The predicted molar refractivity (Wildman–Crippen MR) is 115 cm³/mol. The highest BCUT2D eigenvalue weighted by Crippen LogP contribution is 2.26. The third kappa shape index (κ3) is 6.38. The summed E-state index contributed by atoms with van der Waals surface area (Å²) in [5, 5.41) is 3.22. The summed E-state index contributed by atoms with van der Waals surface area (Å²) in [5.74, 6) is 0.0774. The summed E-state index contributed by atoms with van der Waals surface area (Å²) in [6.45, 7) is 3.03. The number of benzene rings is 1. The summed E-state index contributed by atoms with van der Waals surface area (Å²) in [5.41, 5.74) is 7.05. The molecule has 1 aliphatic heterocycles. The molecule has 26 heavy (non-hydrogen) atoms. The van der Waals surface area contributed by atoms with Crippen LogP contribution < -0.4 is 11.1 Å². The van der Waals surface area contributed by atoms with Crippen molar-refractivity contribution in [3.05, 3.63) is 34.3 Å². The monoisotopic (exact) mass is 465 g/mol. The maximum absolute atomic E-state index is 12.5. The number of carbonyl (C=O) groups is 1. The number of amides is 1. The van der Waals surface area contributed by atoms with E-state index in [1.54, 1.807) is 0 Å². The second-order valence-corrected chi connectivity index (χ2v) is 8.28. The van der Waals surface area contributed by atoms with Crippen molar-refractivity contribution in [2.75, 3.05) is 13.1 Å². The van der Waals surface area contributed by atoms with Crippen LogP contribution in [0, 0.1) is 0 Å². The van der Waals surface area contributed by atoms with Gasteiger partial charge in [0.05, 0.1) is 5.54 Å². The highest BCUT2D eigenvalue weighted by atomic mass is 79.9. The molecule has 2 aliphatic rings. The smallest absolute Gasteiger partial charge is 0.240 e. The van der Waals surface area contributed by atoms with Gasteiger partial charge in [-0.15, -0.1) is 24.8 Å². The first kappa shape index (κ1) is 23.7. The number of halogens is 3. The van der Waals surface area contributed by atoms with Gasteiger partial charge in [0.1, 0.15) is 0 Å². The molecule has 7 heteroatoms. The van der Waals surface area contributed by atoms with Gasteiger partial charge in [0.25, 0.3) is 0 Å². The fourth-order valence-corrected chi connectivity index (χ4v) is 4.09. The first-order valence-electron chi connectivity index (χ1n) is 9.12. The van der Waals surface area contributed by atoms with Crippen LogP contribution in [0.2, 0.25) is 0 Å². The maximum atomic E-state index is 12.5. The molecule has 1 saturated heterocycles. The molecule has 1 aliphatic carbocycles. The summed E-state index contributed by atoms with van der Waals surface area (Å²) in [4.78, 5) is 15.0. The largest absolute Gasteiger partial charge is 0.352 e. The number of likely N-dealkylation sites (tertiary alicyclic amines) is 1. The number of hydrogen-bond donors (Lipinski definition) is 2. The molecular weight excluding hydrogens is 437 g/mol. The van der Waals surface area contributed by atoms with Crippen LogP contribution >= 0.6 is 40.7 Å². The van der Waals surface area contributed by atoms with Crippen LogP contribution in [-0.2, 0) is 11.3 Å². The predicted octanol–water partition coefficient (Wildman–Crippen LogP) is 4.03. The molecule has 3 rings (SSSR count). The van der Waals surface area contributed by atoms with Crippen LogP contribution in [0.15, 0.2) is 28.7 Å². The second-order valence-electron chi connectivity index (χ2n) is 7.37. The van der Waals surface area contributed by atoms with Crippen molar-refractivity contribution >= 4 is 46.7 Å². The van der Waals surface area contributed by atoms with Crippen LogP contribution in [0.4, 0.5) is 0 Å². The number of nitrogens with two attached hydrogens (primary N) is 1. The standard InChI is InChI=1S/C19H28BrN3O.2ClH/c20-16-6-4-15(5-7-16)14-23-12-8-17(9-13-23)22-18(24)19(21)10-2-1-3-11-19;;/h4-7,17H,1-3,8-14,21H2,(H,22,24);2*1H. The van der Waals surface area contributed by atoms with E-state index in [1.807, 2.05) is 0 Å². The van der Waals surface area contributed by atoms with Crippen LogP contribution in [0.1, 0.15) is 50.5 Å². The zero-order chi connectivity index (χ0) is 17.0. The van der Waals surface area contributed by atoms with Crippen LogP contribution in [-0.4, -0.2) is 35.5 Å². The molecule has 1 aromatic carbocycles. The summed E-state index contributed by atoms with van der Waals surface area (Å²) in [7, 11) is 0. The van der Waals surface area contributed by atoms with Gasteiger partial charge in [-0.3, -0.25) is 9.69 Å². The molecule has 1 saturated carbocycles. The van der Waals surface area contributed by atoms with E-state index in [9.17, 15) is 4.79 Å². The number of carbonyl (C=O) groups excluding carboxylic acids is 1. The fraction of sp³-hybridized carbons (Fsp3) is 0.632. The fourth-order valence-electron chi connectivity index (χ4n) is 3.82. The Kier molecular flexibility index (Phi) is 9.91. The Bertz CT molecular complexity index is 556. The Hall–Kier alpha value is -0.330. The van der Waals surface area contributed by atoms with Crippen molar-refractivity contribution < 1.29 is 4.79 Å². The van der Waals surface area contributed by atoms with E-state index >= 15 is 0 Å². The van der Waals surface area contributed by atoms with Gasteiger partial charge in [0.2, 0.25) is 5.91 Å². The summed E-state index contributed by atoms with van der Waals surface area (Å²) >= 11 is 3.47. The molecule has 0 bridgehead atoms. The Morgan fingerprint density at radius 2 is 1.69 bits per heavy atom. The number of nitrogens with zero attached hydrogens (tertiary/aromatic N) is 1. The lowest BCUT2D eigenvalue weighted by Gasteiger charge is -2.36. The van der Waals surface area contributed by atoms with E-state index < -0.39 is 5.54 Å². The highest BCUT2D eigenvalue weighted by molar-refractivity contribution is 9.10. The Labute approximate surface area is 177 Å². The van der Waals surface area contributed by atoms with Crippen molar-refractivity contribution in [3.8, 4) is 0 Å². The van der Waals surface area contributed by atoms with E-state index in [1.165, 1.54) is 12.0 Å². The molecule has 0 aromatic heterocycles. The Morgan fingerprint density at radius 1 is 1.12 bits per heavy atom. The van der Waals surface area contributed by atoms with Crippen LogP contribution in [0.3, 0.4) is 0 Å². The maximum Gasteiger partial charge on any atom is 0.240 e. The quantitative estimate of drug-likeness (QED) is 0.703. The minimum atomic E-state index is -0.618. The van der Waals surface area contributed by atoms with Crippen molar-refractivity contribution in [1.82, 2.24) is 10.2 Å². The zero-order valence-electron chi connectivity index (χ0n) is 15.1. The molecule has 0 radical (unpaired) electrons. The molecule has 2 fully saturated rings. The van der Waals surface area contributed by atoms with Gasteiger partial charge in [-0.1, -0.05) is 47.3 Å². The number of rotatable bonds is 4. The first-order chi connectivity index (χ1) is 11.5. The number of hydrogen-bond acceptors (Lipinski definition) is 3. The average molecular weight is 467 g/mol. The molecule has 1 heterocycles.